The van der Waals surface area contributed by atoms with Crippen LogP contribution in [0.2, 0.25) is 0 Å². The zero-order valence-corrected chi connectivity index (χ0v) is 18.6. The summed E-state index contributed by atoms with van der Waals surface area (Å²) in [6.07, 6.45) is 1.54. The average Bonchev–Trinajstić information content (AvgIpc) is 3.28. The van der Waals surface area contributed by atoms with Gasteiger partial charge in [-0.1, -0.05) is 19.1 Å². The van der Waals surface area contributed by atoms with E-state index in [1.165, 1.54) is 4.90 Å². The molecule has 1 N–H and O–H groups in total. The number of furan rings is 1. The van der Waals surface area contributed by atoms with Gasteiger partial charge in [0.2, 0.25) is 0 Å². The number of Topliss-reactive ketones (excluding diaryl/α,β-unsaturated/α-hetero) is 1. The van der Waals surface area contributed by atoms with Gasteiger partial charge in [0, 0.05) is 12.1 Å². The lowest BCUT2D eigenvalue weighted by Crippen LogP contribution is -2.32. The summed E-state index contributed by atoms with van der Waals surface area (Å²) in [5.41, 5.74) is 0.463. The summed E-state index contributed by atoms with van der Waals surface area (Å²) in [6.45, 7) is 5.50. The molecule has 2 aromatic rings. The predicted molar refractivity (Wildman–Crippen MR) is 118 cm³/mol. The van der Waals surface area contributed by atoms with Crippen LogP contribution in [0.25, 0.3) is 5.76 Å². The molecule has 1 saturated heterocycles. The fourth-order valence-corrected chi connectivity index (χ4v) is 3.67. The summed E-state index contributed by atoms with van der Waals surface area (Å²) in [7, 11) is 3.91. The molecular formula is C24H30N2O5. The molecule has 1 unspecified atom stereocenters. The first-order chi connectivity index (χ1) is 14.8. The Morgan fingerprint density at radius 3 is 2.65 bits per heavy atom. The van der Waals surface area contributed by atoms with Gasteiger partial charge in [0.1, 0.15) is 29.1 Å². The molecule has 1 atom stereocenters. The Kier molecular flexibility index (Phi) is 7.17. The lowest BCUT2D eigenvalue weighted by molar-refractivity contribution is -0.140. The van der Waals surface area contributed by atoms with Crippen molar-refractivity contribution in [3.8, 4) is 5.75 Å². The van der Waals surface area contributed by atoms with E-state index in [0.29, 0.717) is 42.4 Å². The SMILES string of the molecule is CCCOc1cccc(/C(O)=C2/C(=O)C(=O)N(CCCN(C)C)C2c2ccc(C)o2)c1. The molecule has 1 fully saturated rings. The summed E-state index contributed by atoms with van der Waals surface area (Å²) in [4.78, 5) is 29.4. The molecule has 1 aromatic carbocycles. The maximum absolute atomic E-state index is 13.0. The highest BCUT2D eigenvalue weighted by molar-refractivity contribution is 6.46. The van der Waals surface area contributed by atoms with Crippen LogP contribution in [-0.2, 0) is 9.59 Å². The number of aliphatic hydroxyl groups excluding tert-OH is 1. The lowest BCUT2D eigenvalue weighted by atomic mass is 9.99. The summed E-state index contributed by atoms with van der Waals surface area (Å²) in [5.74, 6) is 0.162. The maximum atomic E-state index is 13.0. The van der Waals surface area contributed by atoms with E-state index < -0.39 is 17.7 Å². The molecule has 0 saturated carbocycles. The highest BCUT2D eigenvalue weighted by atomic mass is 16.5. The van der Waals surface area contributed by atoms with Gasteiger partial charge >= 0.3 is 0 Å². The average molecular weight is 427 g/mol. The molecule has 7 heteroatoms. The van der Waals surface area contributed by atoms with Crippen LogP contribution in [0.5, 0.6) is 5.75 Å². The largest absolute Gasteiger partial charge is 0.507 e. The third-order valence-corrected chi connectivity index (χ3v) is 5.16. The Morgan fingerprint density at radius 2 is 2.00 bits per heavy atom. The molecule has 0 aliphatic carbocycles. The van der Waals surface area contributed by atoms with Crippen LogP contribution < -0.4 is 4.74 Å². The minimum atomic E-state index is -0.768. The summed E-state index contributed by atoms with van der Waals surface area (Å²) in [5, 5.41) is 11.1. The molecule has 1 aliphatic heterocycles. The smallest absolute Gasteiger partial charge is 0.295 e. The van der Waals surface area contributed by atoms with Crippen molar-refractivity contribution in [3.05, 3.63) is 59.1 Å². The van der Waals surface area contributed by atoms with E-state index in [-0.39, 0.29) is 11.3 Å². The monoisotopic (exact) mass is 426 g/mol. The number of carbonyl (C=O) groups is 2. The highest BCUT2D eigenvalue weighted by Crippen LogP contribution is 2.40. The molecule has 1 amide bonds. The summed E-state index contributed by atoms with van der Waals surface area (Å²) < 4.78 is 11.4. The third-order valence-electron chi connectivity index (χ3n) is 5.16. The molecule has 1 aliphatic rings. The Labute approximate surface area is 182 Å². The molecule has 7 nitrogen and oxygen atoms in total. The molecule has 166 valence electrons. The highest BCUT2D eigenvalue weighted by Gasteiger charge is 2.47. The van der Waals surface area contributed by atoms with E-state index in [4.69, 9.17) is 9.15 Å². The molecule has 0 spiro atoms. The molecule has 31 heavy (non-hydrogen) atoms. The zero-order valence-electron chi connectivity index (χ0n) is 18.6. The summed E-state index contributed by atoms with van der Waals surface area (Å²) in [6, 6.07) is 9.68. The van der Waals surface area contributed by atoms with Gasteiger partial charge in [-0.3, -0.25) is 9.59 Å². The van der Waals surface area contributed by atoms with E-state index in [9.17, 15) is 14.7 Å². The quantitative estimate of drug-likeness (QED) is 0.374. The second kappa shape index (κ2) is 9.83. The van der Waals surface area contributed by atoms with Gasteiger partial charge in [0.05, 0.1) is 12.2 Å². The number of hydrogen-bond acceptors (Lipinski definition) is 6. The van der Waals surface area contributed by atoms with Gasteiger partial charge in [-0.2, -0.15) is 0 Å². The van der Waals surface area contributed by atoms with Crippen molar-refractivity contribution in [2.75, 3.05) is 33.8 Å². The first-order valence-electron chi connectivity index (χ1n) is 10.6. The van der Waals surface area contributed by atoms with Crippen LogP contribution in [0.3, 0.4) is 0 Å². The van der Waals surface area contributed by atoms with E-state index in [1.54, 1.807) is 43.3 Å². The van der Waals surface area contributed by atoms with Crippen molar-refractivity contribution in [1.82, 2.24) is 9.80 Å². The summed E-state index contributed by atoms with van der Waals surface area (Å²) >= 11 is 0. The van der Waals surface area contributed by atoms with Crippen molar-refractivity contribution in [1.29, 1.82) is 0 Å². The Hall–Kier alpha value is -3.06. The first-order valence-corrected chi connectivity index (χ1v) is 10.6. The number of benzene rings is 1. The van der Waals surface area contributed by atoms with E-state index in [2.05, 4.69) is 0 Å². The number of aliphatic hydroxyl groups is 1. The van der Waals surface area contributed by atoms with Gasteiger partial charge < -0.3 is 24.1 Å². The zero-order chi connectivity index (χ0) is 22.5. The molecule has 1 aromatic heterocycles. The van der Waals surface area contributed by atoms with E-state index in [0.717, 1.165) is 13.0 Å². The normalized spacial score (nSPS) is 18.2. The van der Waals surface area contributed by atoms with Gasteiger partial charge in [-0.25, -0.2) is 0 Å². The van der Waals surface area contributed by atoms with Crippen molar-refractivity contribution in [2.24, 2.45) is 0 Å². The van der Waals surface area contributed by atoms with Crippen molar-refractivity contribution >= 4 is 17.4 Å². The van der Waals surface area contributed by atoms with E-state index >= 15 is 0 Å². The van der Waals surface area contributed by atoms with Gasteiger partial charge in [-0.05, 0) is 64.7 Å². The van der Waals surface area contributed by atoms with E-state index in [1.807, 2.05) is 25.9 Å². The van der Waals surface area contributed by atoms with Crippen molar-refractivity contribution in [2.45, 2.75) is 32.7 Å². The fourth-order valence-electron chi connectivity index (χ4n) is 3.67. The number of hydrogen-bond donors (Lipinski definition) is 1. The maximum Gasteiger partial charge on any atom is 0.295 e. The van der Waals surface area contributed by atoms with Crippen LogP contribution in [0.1, 0.15) is 42.9 Å². The molecule has 2 heterocycles. The second-order valence-corrected chi connectivity index (χ2v) is 7.97. The number of amides is 1. The number of rotatable bonds is 9. The number of ketones is 1. The molecule has 0 radical (unpaired) electrons. The fraction of sp³-hybridized carbons (Fsp3) is 0.417. The predicted octanol–water partition coefficient (Wildman–Crippen LogP) is 3.75. The number of likely N-dealkylation sites (tertiary alicyclic amines) is 1. The Morgan fingerprint density at radius 1 is 1.23 bits per heavy atom. The molecule has 0 bridgehead atoms. The Bertz CT molecular complexity index is 976. The van der Waals surface area contributed by atoms with Crippen molar-refractivity contribution in [3.63, 3.8) is 0 Å². The second-order valence-electron chi connectivity index (χ2n) is 7.97. The minimum absolute atomic E-state index is 0.0387. The number of nitrogens with zero attached hydrogens (tertiary/aromatic N) is 2. The molecular weight excluding hydrogens is 396 g/mol. The third kappa shape index (κ3) is 4.99. The topological polar surface area (TPSA) is 83.2 Å². The number of carbonyl (C=O) groups excluding carboxylic acids is 2. The standard InChI is InChI=1S/C24H30N2O5/c1-5-14-30-18-9-6-8-17(15-18)22(27)20-21(19-11-10-16(2)31-19)26(24(29)23(20)28)13-7-12-25(3)4/h6,8-11,15,21,27H,5,7,12-14H2,1-4H3/b22-20-. The molecule has 3 rings (SSSR count). The van der Waals surface area contributed by atoms with Crippen LogP contribution in [0.15, 0.2) is 46.4 Å². The lowest BCUT2D eigenvalue weighted by Gasteiger charge is -2.24. The van der Waals surface area contributed by atoms with Gasteiger partial charge in [0.25, 0.3) is 11.7 Å². The first kappa shape index (κ1) is 22.6. The van der Waals surface area contributed by atoms with Crippen LogP contribution in [0, 0.1) is 6.92 Å². The number of aryl methyl sites for hydroxylation is 1. The van der Waals surface area contributed by atoms with Crippen LogP contribution >= 0.6 is 0 Å². The van der Waals surface area contributed by atoms with Crippen LogP contribution in [-0.4, -0.2) is 60.4 Å². The minimum Gasteiger partial charge on any atom is -0.507 e. The van der Waals surface area contributed by atoms with Gasteiger partial charge in [0.15, 0.2) is 0 Å². The van der Waals surface area contributed by atoms with Gasteiger partial charge in [-0.15, -0.1) is 0 Å². The number of ether oxygens (including phenoxy) is 1. The van der Waals surface area contributed by atoms with Crippen LogP contribution in [0.4, 0.5) is 0 Å². The van der Waals surface area contributed by atoms with Crippen molar-refractivity contribution < 1.29 is 23.8 Å². The Balaban J connectivity index is 2.03.